The minimum absolute atomic E-state index is 0.0952. The third-order valence-corrected chi connectivity index (χ3v) is 10.3. The normalized spacial score (nSPS) is 18.1. The molecule has 0 unspecified atom stereocenters. The molecule has 3 atom stereocenters. The van der Waals surface area contributed by atoms with Gasteiger partial charge in [-0.2, -0.15) is 9.36 Å². The molecule has 286 valence electrons. The molecular weight excluding hydrogens is 763 g/mol. The van der Waals surface area contributed by atoms with E-state index in [4.69, 9.17) is 21.1 Å². The summed E-state index contributed by atoms with van der Waals surface area (Å²) in [4.78, 5) is 81.6. The van der Waals surface area contributed by atoms with Crippen LogP contribution in [-0.2, 0) is 14.3 Å². The molecule has 0 N–H and O–H groups in total. The Morgan fingerprint density at radius 2 is 1.68 bits per heavy atom. The quantitative estimate of drug-likeness (QED) is 0.115. The van der Waals surface area contributed by atoms with Crippen molar-refractivity contribution in [1.82, 2.24) is 34.6 Å². The monoisotopic (exact) mass is 790 g/mol. The van der Waals surface area contributed by atoms with Crippen LogP contribution >= 0.6 is 11.6 Å². The average Bonchev–Trinajstić information content (AvgIpc) is 3.46. The number of carbonyl (C=O) groups is 5. The number of fused-ring (bicyclic) bond motifs is 5. The molecule has 5 heterocycles. The van der Waals surface area contributed by atoms with Crippen LogP contribution in [-0.4, -0.2) is 76.4 Å². The van der Waals surface area contributed by atoms with Crippen molar-refractivity contribution >= 4 is 58.0 Å². The number of imide groups is 1. The number of carbonyl (C=O) groups excluding carboxylic acids is 5. The van der Waals surface area contributed by atoms with E-state index >= 15 is 4.39 Å². The van der Waals surface area contributed by atoms with Gasteiger partial charge in [0.2, 0.25) is 5.78 Å². The van der Waals surface area contributed by atoms with E-state index in [9.17, 15) is 28.8 Å². The lowest BCUT2D eigenvalue weighted by molar-refractivity contribution is -0.147. The van der Waals surface area contributed by atoms with Gasteiger partial charge >= 0.3 is 12.1 Å². The van der Waals surface area contributed by atoms with Crippen LogP contribution < -0.4 is 10.5 Å². The van der Waals surface area contributed by atoms with Gasteiger partial charge in [0.15, 0.2) is 18.2 Å². The van der Waals surface area contributed by atoms with Gasteiger partial charge in [0, 0.05) is 33.7 Å². The van der Waals surface area contributed by atoms with Gasteiger partial charge in [0.25, 0.3) is 17.4 Å². The predicted molar refractivity (Wildman–Crippen MR) is 198 cm³/mol. The lowest BCUT2D eigenvalue weighted by Crippen LogP contribution is -2.32. The summed E-state index contributed by atoms with van der Waals surface area (Å²) in [7, 11) is 0. The van der Waals surface area contributed by atoms with Gasteiger partial charge < -0.3 is 9.47 Å². The van der Waals surface area contributed by atoms with Crippen molar-refractivity contribution in [1.29, 1.82) is 0 Å². The summed E-state index contributed by atoms with van der Waals surface area (Å²) >= 11 is 6.32. The third-order valence-electron chi connectivity index (χ3n) is 10.1. The number of nitrogens with zero attached hydrogens (tertiary/aromatic N) is 8. The number of aromatic nitrogens is 7. The van der Waals surface area contributed by atoms with Crippen molar-refractivity contribution in [2.75, 3.05) is 11.5 Å². The maximum absolute atomic E-state index is 16.5. The zero-order valence-electron chi connectivity index (χ0n) is 30.2. The molecule has 1 fully saturated rings. The van der Waals surface area contributed by atoms with Crippen molar-refractivity contribution in [2.24, 2.45) is 5.92 Å². The molecule has 18 heteroatoms. The minimum atomic E-state index is -1.23. The first kappa shape index (κ1) is 35.8. The molecular formula is C39H28ClFN8O8. The van der Waals surface area contributed by atoms with Crippen molar-refractivity contribution in [2.45, 2.75) is 44.8 Å². The van der Waals surface area contributed by atoms with Crippen LogP contribution in [0.5, 0.6) is 0 Å². The molecule has 2 aliphatic heterocycles. The van der Waals surface area contributed by atoms with E-state index in [1.165, 1.54) is 39.8 Å². The van der Waals surface area contributed by atoms with Crippen LogP contribution in [0.1, 0.15) is 75.9 Å². The van der Waals surface area contributed by atoms with Gasteiger partial charge in [0.1, 0.15) is 23.5 Å². The Labute approximate surface area is 325 Å². The molecule has 6 aromatic rings. The van der Waals surface area contributed by atoms with E-state index in [0.29, 0.717) is 38.6 Å². The number of pyridine rings is 1. The second-order valence-corrected chi connectivity index (χ2v) is 15.2. The summed E-state index contributed by atoms with van der Waals surface area (Å²) in [5.74, 6) is -5.24. The first-order valence-corrected chi connectivity index (χ1v) is 18.0. The molecule has 16 nitrogen and oxygen atoms in total. The van der Waals surface area contributed by atoms with E-state index in [1.807, 2.05) is 0 Å². The molecule has 0 radical (unpaired) electrons. The molecule has 3 aliphatic rings. The van der Waals surface area contributed by atoms with Crippen LogP contribution in [0.4, 0.5) is 15.0 Å². The predicted octanol–water partition coefficient (Wildman–Crippen LogP) is 5.30. The Bertz CT molecular complexity index is 2790. The summed E-state index contributed by atoms with van der Waals surface area (Å²) < 4.78 is 30.7. The minimum Gasteiger partial charge on any atom is -0.456 e. The number of amides is 2. The van der Waals surface area contributed by atoms with E-state index in [2.05, 4.69) is 20.6 Å². The van der Waals surface area contributed by atoms with Crippen molar-refractivity contribution in [3.05, 3.63) is 117 Å². The van der Waals surface area contributed by atoms with Gasteiger partial charge in [-0.3, -0.25) is 23.7 Å². The summed E-state index contributed by atoms with van der Waals surface area (Å²) in [5.41, 5.74) is -0.131. The van der Waals surface area contributed by atoms with Crippen LogP contribution in [0.2, 0.25) is 5.02 Å². The number of tetrazole rings is 1. The summed E-state index contributed by atoms with van der Waals surface area (Å²) in [6, 6.07) is 15.6. The molecule has 0 spiro atoms. The number of ketones is 1. The number of Topliss-reactive ketones (excluding diaryl/α,β-unsaturated/α-hetero) is 1. The van der Waals surface area contributed by atoms with Crippen molar-refractivity contribution in [3.8, 4) is 16.8 Å². The van der Waals surface area contributed by atoms with Crippen molar-refractivity contribution in [3.63, 3.8) is 0 Å². The highest BCUT2D eigenvalue weighted by molar-refractivity contribution is 6.35. The van der Waals surface area contributed by atoms with Crippen molar-refractivity contribution < 1.29 is 37.8 Å². The van der Waals surface area contributed by atoms with Gasteiger partial charge in [-0.05, 0) is 97.6 Å². The standard InChI is InChI=1S/C39H28ClFN8O8/c1-39(2,3)57-38(55)49-32-23(34(43-49)48-35(52)20-6-4-5-7-21(20)36(48)53)10-9-22(31(32)41)29(50)16-56-37(54)33-26-15-25(26)28-12-18(13-30(51)47(28)33)24-14-19(40)8-11-27(24)46-17-42-44-45-46/h4-14,17,25-26,33H,15-16H2,1-3H3/t25-,26+,33+/m1/s1. The highest BCUT2D eigenvalue weighted by Crippen LogP contribution is 2.59. The highest BCUT2D eigenvalue weighted by Gasteiger charge is 2.56. The molecule has 0 saturated heterocycles. The Kier molecular flexibility index (Phi) is 8.06. The highest BCUT2D eigenvalue weighted by atomic mass is 35.5. The van der Waals surface area contributed by atoms with E-state index in [0.717, 1.165) is 11.0 Å². The smallest absolute Gasteiger partial charge is 0.435 e. The van der Waals surface area contributed by atoms with E-state index < -0.39 is 70.4 Å². The van der Waals surface area contributed by atoms with Crippen LogP contribution in [0.15, 0.2) is 77.9 Å². The number of hydrogen-bond donors (Lipinski definition) is 0. The Hall–Kier alpha value is -6.88. The fourth-order valence-corrected chi connectivity index (χ4v) is 7.75. The SMILES string of the molecule is CC(C)(C)OC(=O)n1nc(N2C(=O)c3ccccc3C2=O)c2ccc(C(=O)COC(=O)[C@@H]3[C@H]4C[C@H]4c4cc(-c5cc(Cl)ccc5-n5cnnn5)cc(=O)n43)c(F)c21. The molecule has 1 saturated carbocycles. The number of anilines is 1. The molecule has 3 aromatic heterocycles. The summed E-state index contributed by atoms with van der Waals surface area (Å²) in [6.07, 6.45) is 0.868. The molecule has 0 bridgehead atoms. The van der Waals surface area contributed by atoms with Crippen LogP contribution in [0, 0.1) is 11.7 Å². The average molecular weight is 791 g/mol. The summed E-state index contributed by atoms with van der Waals surface area (Å²) in [5, 5.41) is 15.8. The Morgan fingerprint density at radius 1 is 0.947 bits per heavy atom. The number of halogens is 2. The van der Waals surface area contributed by atoms with Crippen LogP contribution in [0.25, 0.3) is 27.7 Å². The molecule has 3 aromatic carbocycles. The summed E-state index contributed by atoms with van der Waals surface area (Å²) in [6.45, 7) is 3.83. The van der Waals surface area contributed by atoms with Gasteiger partial charge in [-0.15, -0.1) is 10.2 Å². The second kappa shape index (κ2) is 12.8. The largest absolute Gasteiger partial charge is 0.456 e. The lowest BCUT2D eigenvalue weighted by atomic mass is 10.0. The van der Waals surface area contributed by atoms with E-state index in [1.54, 1.807) is 57.2 Å². The maximum atomic E-state index is 16.5. The number of rotatable bonds is 7. The number of benzene rings is 3. The van der Waals surface area contributed by atoms with Gasteiger partial charge in [-0.1, -0.05) is 23.7 Å². The first-order valence-electron chi connectivity index (χ1n) is 17.6. The molecule has 9 rings (SSSR count). The van der Waals surface area contributed by atoms with Crippen LogP contribution in [0.3, 0.4) is 0 Å². The first-order chi connectivity index (χ1) is 27.2. The second-order valence-electron chi connectivity index (χ2n) is 14.8. The Balaban J connectivity index is 1.00. The van der Waals surface area contributed by atoms with Gasteiger partial charge in [-0.25, -0.2) is 18.9 Å². The molecule has 57 heavy (non-hydrogen) atoms. The third kappa shape index (κ3) is 5.80. The lowest BCUT2D eigenvalue weighted by Gasteiger charge is -2.19. The topological polar surface area (TPSA) is 190 Å². The van der Waals surface area contributed by atoms with Gasteiger partial charge in [0.05, 0.1) is 22.4 Å². The number of ether oxygens (including phenoxy) is 2. The zero-order chi connectivity index (χ0) is 40.1. The van der Waals surface area contributed by atoms with E-state index in [-0.39, 0.29) is 34.2 Å². The molecule has 1 aliphatic carbocycles. The number of esters is 1. The molecule has 2 amide bonds. The Morgan fingerprint density at radius 3 is 2.37 bits per heavy atom. The fourth-order valence-electron chi connectivity index (χ4n) is 7.58. The zero-order valence-corrected chi connectivity index (χ0v) is 30.9. The maximum Gasteiger partial charge on any atom is 0.435 e. The fraction of sp³-hybridized carbons (Fsp3) is 0.231. The number of hydrogen-bond acceptors (Lipinski definition) is 12.